The fraction of sp³-hybridized carbons (Fsp3) is 0.333. The topological polar surface area (TPSA) is 112 Å². The van der Waals surface area contributed by atoms with Crippen LogP contribution in [-0.2, 0) is 6.42 Å². The molecule has 3 aromatic heterocycles. The van der Waals surface area contributed by atoms with Gasteiger partial charge in [0.1, 0.15) is 11.4 Å². The minimum atomic E-state index is -0.191. The first kappa shape index (κ1) is 21.5. The fourth-order valence-corrected chi connectivity index (χ4v) is 4.45. The second-order valence-corrected chi connectivity index (χ2v) is 8.69. The lowest BCUT2D eigenvalue weighted by molar-refractivity contribution is 0.423. The molecule has 1 aromatic carbocycles. The van der Waals surface area contributed by atoms with Crippen molar-refractivity contribution in [3.05, 3.63) is 63.4 Å². The maximum atomic E-state index is 13.5. The van der Waals surface area contributed by atoms with E-state index in [1.165, 1.54) is 0 Å². The Bertz CT molecular complexity index is 1390. The molecule has 0 amide bonds. The number of anilines is 2. The molecule has 0 aliphatic heterocycles. The largest absolute Gasteiger partial charge is 0.398 e. The van der Waals surface area contributed by atoms with Crippen LogP contribution in [0.25, 0.3) is 22.2 Å². The first-order valence-corrected chi connectivity index (χ1v) is 11.6. The summed E-state index contributed by atoms with van der Waals surface area (Å²) >= 11 is 6.40. The molecular weight excluding hydrogens is 440 g/mol. The highest BCUT2D eigenvalue weighted by Crippen LogP contribution is 2.39. The third kappa shape index (κ3) is 3.84. The van der Waals surface area contributed by atoms with Gasteiger partial charge in [-0.2, -0.15) is 4.98 Å². The molecule has 4 aromatic rings. The van der Waals surface area contributed by atoms with E-state index >= 15 is 0 Å². The molecule has 0 unspecified atom stereocenters. The molecule has 1 aliphatic carbocycles. The van der Waals surface area contributed by atoms with E-state index in [-0.39, 0.29) is 17.6 Å². The van der Waals surface area contributed by atoms with E-state index in [9.17, 15) is 4.79 Å². The lowest BCUT2D eigenvalue weighted by Gasteiger charge is -2.24. The fourth-order valence-electron chi connectivity index (χ4n) is 4.19. The quantitative estimate of drug-likeness (QED) is 0.389. The van der Waals surface area contributed by atoms with E-state index in [0.717, 1.165) is 30.3 Å². The standard InChI is InChI=1S/C24H25ClN6O2/c1-3-17(28-22-21(16(26)10-11-27-22)23-29-19(4-2)30-33-23)18-12-13-6-5-7-15(25)20(13)24(32)31(18)14-8-9-14/h5-7,10-12,14,17H,3-4,8-9H2,1-2H3,(H3,26,27,28)/t17-/m0/s1. The van der Waals surface area contributed by atoms with Crippen LogP contribution in [0.1, 0.15) is 56.7 Å². The van der Waals surface area contributed by atoms with Crippen molar-refractivity contribution < 1.29 is 4.52 Å². The van der Waals surface area contributed by atoms with Crippen molar-refractivity contribution in [3.63, 3.8) is 0 Å². The number of hydrogen-bond donors (Lipinski definition) is 2. The summed E-state index contributed by atoms with van der Waals surface area (Å²) in [5.74, 6) is 1.45. The normalized spacial score (nSPS) is 14.5. The van der Waals surface area contributed by atoms with Crippen molar-refractivity contribution in [3.8, 4) is 11.5 Å². The van der Waals surface area contributed by atoms with Crippen molar-refractivity contribution in [2.75, 3.05) is 11.1 Å². The molecule has 1 saturated carbocycles. The summed E-state index contributed by atoms with van der Waals surface area (Å²) in [5, 5.41) is 9.35. The maximum Gasteiger partial charge on any atom is 0.263 e. The van der Waals surface area contributed by atoms with E-state index in [0.29, 0.717) is 45.6 Å². The van der Waals surface area contributed by atoms with Crippen molar-refractivity contribution in [2.45, 2.75) is 51.6 Å². The number of halogens is 1. The highest BCUT2D eigenvalue weighted by molar-refractivity contribution is 6.35. The van der Waals surface area contributed by atoms with Gasteiger partial charge in [0.15, 0.2) is 5.82 Å². The van der Waals surface area contributed by atoms with Gasteiger partial charge in [-0.05, 0) is 42.8 Å². The minimum absolute atomic E-state index is 0.0545. The van der Waals surface area contributed by atoms with Gasteiger partial charge in [-0.15, -0.1) is 0 Å². The van der Waals surface area contributed by atoms with Gasteiger partial charge in [0.05, 0.1) is 16.5 Å². The van der Waals surface area contributed by atoms with E-state index in [1.54, 1.807) is 18.3 Å². The van der Waals surface area contributed by atoms with Crippen LogP contribution in [0.3, 0.4) is 0 Å². The number of aromatic nitrogens is 4. The lowest BCUT2D eigenvalue weighted by atomic mass is 10.0. The SMILES string of the molecule is CCc1noc(-c2c(N)ccnc2N[C@@H](CC)c2cc3cccc(Cl)c3c(=O)n2C2CC2)n1. The van der Waals surface area contributed by atoms with Crippen molar-refractivity contribution in [1.82, 2.24) is 19.7 Å². The van der Waals surface area contributed by atoms with Gasteiger partial charge < -0.3 is 20.1 Å². The summed E-state index contributed by atoms with van der Waals surface area (Å²) < 4.78 is 7.35. The molecule has 3 N–H and O–H groups in total. The molecule has 0 bridgehead atoms. The molecule has 170 valence electrons. The summed E-state index contributed by atoms with van der Waals surface area (Å²) in [6, 6.07) is 9.29. The van der Waals surface area contributed by atoms with E-state index in [4.69, 9.17) is 21.9 Å². The lowest BCUT2D eigenvalue weighted by Crippen LogP contribution is -2.27. The molecular formula is C24H25ClN6O2. The number of nitrogen functional groups attached to an aromatic ring is 1. The number of pyridine rings is 2. The van der Waals surface area contributed by atoms with E-state index < -0.39 is 0 Å². The van der Waals surface area contributed by atoms with Crippen LogP contribution in [0.2, 0.25) is 5.02 Å². The van der Waals surface area contributed by atoms with Gasteiger partial charge in [-0.25, -0.2) is 4.98 Å². The molecule has 1 fully saturated rings. The molecule has 33 heavy (non-hydrogen) atoms. The van der Waals surface area contributed by atoms with Crippen LogP contribution in [0, 0.1) is 0 Å². The third-order valence-electron chi connectivity index (χ3n) is 6.03. The molecule has 5 rings (SSSR count). The first-order chi connectivity index (χ1) is 16.0. The average Bonchev–Trinajstić information content (AvgIpc) is 3.53. The van der Waals surface area contributed by atoms with Crippen LogP contribution < -0.4 is 16.6 Å². The first-order valence-electron chi connectivity index (χ1n) is 11.2. The number of nitrogens with zero attached hydrogens (tertiary/aromatic N) is 4. The minimum Gasteiger partial charge on any atom is -0.398 e. The Kier molecular flexibility index (Phi) is 5.54. The highest BCUT2D eigenvalue weighted by Gasteiger charge is 2.31. The predicted molar refractivity (Wildman–Crippen MR) is 129 cm³/mol. The van der Waals surface area contributed by atoms with Crippen LogP contribution in [-0.4, -0.2) is 19.7 Å². The van der Waals surface area contributed by atoms with Gasteiger partial charge in [0.25, 0.3) is 11.4 Å². The van der Waals surface area contributed by atoms with Crippen molar-refractivity contribution in [1.29, 1.82) is 0 Å². The van der Waals surface area contributed by atoms with Gasteiger partial charge in [0, 0.05) is 30.0 Å². The highest BCUT2D eigenvalue weighted by atomic mass is 35.5. The molecule has 0 saturated heterocycles. The number of rotatable bonds is 7. The van der Waals surface area contributed by atoms with E-state index in [2.05, 4.69) is 33.4 Å². The Morgan fingerprint density at radius 1 is 1.30 bits per heavy atom. The smallest absolute Gasteiger partial charge is 0.263 e. The third-order valence-corrected chi connectivity index (χ3v) is 6.34. The van der Waals surface area contributed by atoms with Crippen LogP contribution >= 0.6 is 11.6 Å². The Morgan fingerprint density at radius 3 is 2.82 bits per heavy atom. The van der Waals surface area contributed by atoms with Gasteiger partial charge >= 0.3 is 0 Å². The summed E-state index contributed by atoms with van der Waals surface area (Å²) in [7, 11) is 0. The number of nitrogens with two attached hydrogens (primary N) is 1. The van der Waals surface area contributed by atoms with Gasteiger partial charge in [0.2, 0.25) is 0 Å². The monoisotopic (exact) mass is 464 g/mol. The number of hydrogen-bond acceptors (Lipinski definition) is 7. The Labute approximate surface area is 195 Å². The number of aryl methyl sites for hydroxylation is 1. The Hall–Kier alpha value is -3.39. The molecule has 8 nitrogen and oxygen atoms in total. The molecule has 9 heteroatoms. The van der Waals surface area contributed by atoms with Crippen LogP contribution in [0.15, 0.2) is 45.8 Å². The van der Waals surface area contributed by atoms with Gasteiger partial charge in [-0.3, -0.25) is 4.79 Å². The maximum absolute atomic E-state index is 13.5. The second kappa shape index (κ2) is 8.51. The predicted octanol–water partition coefficient (Wildman–Crippen LogP) is 5.14. The zero-order valence-corrected chi connectivity index (χ0v) is 19.3. The summed E-state index contributed by atoms with van der Waals surface area (Å²) in [4.78, 5) is 22.4. The Balaban J connectivity index is 1.63. The zero-order valence-electron chi connectivity index (χ0n) is 18.5. The van der Waals surface area contributed by atoms with Gasteiger partial charge in [-0.1, -0.05) is 42.7 Å². The molecule has 1 atom stereocenters. The summed E-state index contributed by atoms with van der Waals surface area (Å²) in [6.45, 7) is 4.02. The Morgan fingerprint density at radius 2 is 2.12 bits per heavy atom. The number of benzene rings is 1. The van der Waals surface area contributed by atoms with Crippen LogP contribution in [0.4, 0.5) is 11.5 Å². The molecule has 3 heterocycles. The van der Waals surface area contributed by atoms with E-state index in [1.807, 2.05) is 23.6 Å². The number of fused-ring (bicyclic) bond motifs is 1. The summed E-state index contributed by atoms with van der Waals surface area (Å²) in [5.41, 5.74) is 8.18. The average molecular weight is 465 g/mol. The van der Waals surface area contributed by atoms with Crippen molar-refractivity contribution >= 4 is 33.9 Å². The van der Waals surface area contributed by atoms with Crippen molar-refractivity contribution in [2.24, 2.45) is 0 Å². The van der Waals surface area contributed by atoms with Crippen LogP contribution in [0.5, 0.6) is 0 Å². The number of nitrogens with one attached hydrogen (secondary N) is 1. The molecule has 1 aliphatic rings. The summed E-state index contributed by atoms with van der Waals surface area (Å²) in [6.07, 6.45) is 4.96. The molecule has 0 radical (unpaired) electrons. The second-order valence-electron chi connectivity index (χ2n) is 8.28. The molecule has 0 spiro atoms. The zero-order chi connectivity index (χ0) is 23.1.